The fourth-order valence-corrected chi connectivity index (χ4v) is 4.02. The Morgan fingerprint density at radius 1 is 1.29 bits per heavy atom. The van der Waals surface area contributed by atoms with Crippen LogP contribution in [0.25, 0.3) is 6.08 Å². The minimum absolute atomic E-state index is 0.108. The standard InChI is InChI=1S/C21H19NO4S2/c1-3-10-26-17-7-5-4-6-14(17)12-18-19(23)22(21(27)28-18)16-11-15(20(24)25)9-8-13(16)2/h4-9,11-12H,3,10H2,1-2H3,(H,24,25)/b18-12-. The number of amides is 1. The molecule has 1 fully saturated rings. The average molecular weight is 414 g/mol. The molecule has 0 atom stereocenters. The van der Waals surface area contributed by atoms with Crippen LogP contribution in [-0.4, -0.2) is 27.9 Å². The Morgan fingerprint density at radius 3 is 2.75 bits per heavy atom. The van der Waals surface area contributed by atoms with Crippen LogP contribution in [0.2, 0.25) is 0 Å². The molecular weight excluding hydrogens is 394 g/mol. The van der Waals surface area contributed by atoms with E-state index < -0.39 is 5.97 Å². The summed E-state index contributed by atoms with van der Waals surface area (Å²) in [6.45, 7) is 4.44. The Kier molecular flexibility index (Phi) is 6.16. The first-order chi connectivity index (χ1) is 13.4. The summed E-state index contributed by atoms with van der Waals surface area (Å²) >= 11 is 6.61. The van der Waals surface area contributed by atoms with E-state index in [0.717, 1.165) is 17.5 Å². The molecule has 1 N–H and O–H groups in total. The molecule has 1 heterocycles. The van der Waals surface area contributed by atoms with Crippen molar-refractivity contribution in [1.82, 2.24) is 0 Å². The van der Waals surface area contributed by atoms with Gasteiger partial charge in [-0.05, 0) is 43.2 Å². The van der Waals surface area contributed by atoms with E-state index in [1.54, 1.807) is 12.1 Å². The average Bonchev–Trinajstić information content (AvgIpc) is 2.94. The van der Waals surface area contributed by atoms with Crippen molar-refractivity contribution in [2.45, 2.75) is 20.3 Å². The van der Waals surface area contributed by atoms with E-state index in [4.69, 9.17) is 17.0 Å². The molecular formula is C21H19NO4S2. The van der Waals surface area contributed by atoms with Gasteiger partial charge in [0.05, 0.1) is 22.8 Å². The number of carboxylic acids is 1. The summed E-state index contributed by atoms with van der Waals surface area (Å²) in [4.78, 5) is 26.2. The number of anilines is 1. The van der Waals surface area contributed by atoms with Crippen LogP contribution >= 0.6 is 24.0 Å². The van der Waals surface area contributed by atoms with Crippen molar-refractivity contribution in [3.05, 3.63) is 64.1 Å². The van der Waals surface area contributed by atoms with Crippen LogP contribution in [-0.2, 0) is 4.79 Å². The number of ether oxygens (including phenoxy) is 1. The van der Waals surface area contributed by atoms with Crippen molar-refractivity contribution >= 4 is 51.9 Å². The Balaban J connectivity index is 1.96. The lowest BCUT2D eigenvalue weighted by Gasteiger charge is -2.17. The predicted molar refractivity (Wildman–Crippen MR) is 116 cm³/mol. The molecule has 0 unspecified atom stereocenters. The molecule has 28 heavy (non-hydrogen) atoms. The van der Waals surface area contributed by atoms with Gasteiger partial charge in [-0.2, -0.15) is 0 Å². The van der Waals surface area contributed by atoms with E-state index in [0.29, 0.717) is 27.3 Å². The van der Waals surface area contributed by atoms with Crippen LogP contribution in [0.1, 0.15) is 34.8 Å². The highest BCUT2D eigenvalue weighted by Gasteiger charge is 2.34. The topological polar surface area (TPSA) is 66.8 Å². The second-order valence-electron chi connectivity index (χ2n) is 6.21. The number of carbonyl (C=O) groups excluding carboxylic acids is 1. The zero-order chi connectivity index (χ0) is 20.3. The second kappa shape index (κ2) is 8.58. The Hall–Kier alpha value is -2.64. The van der Waals surface area contributed by atoms with Crippen LogP contribution in [0.3, 0.4) is 0 Å². The Morgan fingerprint density at radius 2 is 2.04 bits per heavy atom. The van der Waals surface area contributed by atoms with Crippen LogP contribution in [0.4, 0.5) is 5.69 Å². The van der Waals surface area contributed by atoms with Gasteiger partial charge in [0.1, 0.15) is 5.75 Å². The second-order valence-corrected chi connectivity index (χ2v) is 7.89. The van der Waals surface area contributed by atoms with Crippen molar-refractivity contribution in [1.29, 1.82) is 0 Å². The van der Waals surface area contributed by atoms with Gasteiger partial charge in [-0.15, -0.1) is 0 Å². The lowest BCUT2D eigenvalue weighted by molar-refractivity contribution is -0.113. The van der Waals surface area contributed by atoms with Gasteiger partial charge in [0.15, 0.2) is 4.32 Å². The maximum absolute atomic E-state index is 13.0. The van der Waals surface area contributed by atoms with Crippen molar-refractivity contribution in [2.24, 2.45) is 0 Å². The van der Waals surface area contributed by atoms with Gasteiger partial charge in [-0.1, -0.05) is 55.2 Å². The number of benzene rings is 2. The molecule has 0 radical (unpaired) electrons. The molecule has 144 valence electrons. The number of carboxylic acid groups (broad SMARTS) is 1. The van der Waals surface area contributed by atoms with Gasteiger partial charge < -0.3 is 9.84 Å². The molecule has 1 aliphatic heterocycles. The largest absolute Gasteiger partial charge is 0.493 e. The molecule has 2 aromatic rings. The number of rotatable bonds is 6. The minimum atomic E-state index is -1.05. The number of thioether (sulfide) groups is 1. The zero-order valence-corrected chi connectivity index (χ0v) is 17.1. The predicted octanol–water partition coefficient (Wildman–Crippen LogP) is 4.89. The fraction of sp³-hybridized carbons (Fsp3) is 0.190. The monoisotopic (exact) mass is 413 g/mol. The van der Waals surface area contributed by atoms with Crippen molar-refractivity contribution in [3.8, 4) is 5.75 Å². The van der Waals surface area contributed by atoms with Gasteiger partial charge >= 0.3 is 5.97 Å². The molecule has 0 aliphatic carbocycles. The molecule has 0 spiro atoms. The Bertz CT molecular complexity index is 984. The normalized spacial score (nSPS) is 15.4. The summed E-state index contributed by atoms with van der Waals surface area (Å²) in [5.74, 6) is -0.617. The lowest BCUT2D eigenvalue weighted by atomic mass is 10.1. The number of para-hydroxylation sites is 1. The number of carbonyl (C=O) groups is 2. The molecule has 3 rings (SSSR count). The molecule has 2 aromatic carbocycles. The number of hydrogen-bond donors (Lipinski definition) is 1. The van der Waals surface area contributed by atoms with Crippen LogP contribution in [0.5, 0.6) is 5.75 Å². The highest BCUT2D eigenvalue weighted by Crippen LogP contribution is 2.38. The highest BCUT2D eigenvalue weighted by molar-refractivity contribution is 8.27. The third-order valence-electron chi connectivity index (χ3n) is 4.16. The summed E-state index contributed by atoms with van der Waals surface area (Å²) in [6.07, 6.45) is 2.65. The molecule has 1 aliphatic rings. The van der Waals surface area contributed by atoms with E-state index in [1.807, 2.05) is 38.1 Å². The summed E-state index contributed by atoms with van der Waals surface area (Å²) in [5, 5.41) is 9.26. The maximum Gasteiger partial charge on any atom is 0.335 e. The molecule has 5 nitrogen and oxygen atoms in total. The molecule has 1 saturated heterocycles. The van der Waals surface area contributed by atoms with Crippen LogP contribution < -0.4 is 9.64 Å². The number of thiocarbonyl (C=S) groups is 1. The quantitative estimate of drug-likeness (QED) is 0.537. The smallest absolute Gasteiger partial charge is 0.335 e. The first-order valence-electron chi connectivity index (χ1n) is 8.76. The highest BCUT2D eigenvalue weighted by atomic mass is 32.2. The fourth-order valence-electron chi connectivity index (χ4n) is 2.74. The Labute approximate surface area is 173 Å². The number of aromatic carboxylic acids is 1. The maximum atomic E-state index is 13.0. The summed E-state index contributed by atoms with van der Waals surface area (Å²) in [7, 11) is 0. The SMILES string of the molecule is CCCOc1ccccc1/C=C1\SC(=S)N(c2cc(C(=O)O)ccc2C)C1=O. The number of nitrogens with zero attached hydrogens (tertiary/aromatic N) is 1. The first kappa shape index (κ1) is 20.1. The van der Waals surface area contributed by atoms with Crippen LogP contribution in [0, 0.1) is 6.92 Å². The van der Waals surface area contributed by atoms with E-state index in [1.165, 1.54) is 28.8 Å². The van der Waals surface area contributed by atoms with E-state index in [2.05, 4.69) is 0 Å². The van der Waals surface area contributed by atoms with E-state index in [9.17, 15) is 14.7 Å². The summed E-state index contributed by atoms with van der Waals surface area (Å²) in [5.41, 5.74) is 2.17. The van der Waals surface area contributed by atoms with Crippen molar-refractivity contribution < 1.29 is 19.4 Å². The number of hydrogen-bond acceptors (Lipinski definition) is 5. The van der Waals surface area contributed by atoms with Gasteiger partial charge in [0.25, 0.3) is 5.91 Å². The van der Waals surface area contributed by atoms with Crippen molar-refractivity contribution in [3.63, 3.8) is 0 Å². The van der Waals surface area contributed by atoms with Gasteiger partial charge in [0.2, 0.25) is 0 Å². The first-order valence-corrected chi connectivity index (χ1v) is 9.98. The van der Waals surface area contributed by atoms with E-state index in [-0.39, 0.29) is 11.5 Å². The summed E-state index contributed by atoms with van der Waals surface area (Å²) < 4.78 is 6.12. The van der Waals surface area contributed by atoms with Gasteiger partial charge in [-0.25, -0.2) is 4.79 Å². The molecule has 0 aromatic heterocycles. The van der Waals surface area contributed by atoms with Gasteiger partial charge in [-0.3, -0.25) is 9.69 Å². The number of aryl methyl sites for hydroxylation is 1. The van der Waals surface area contributed by atoms with Gasteiger partial charge in [0, 0.05) is 5.56 Å². The minimum Gasteiger partial charge on any atom is -0.493 e. The van der Waals surface area contributed by atoms with E-state index >= 15 is 0 Å². The van der Waals surface area contributed by atoms with Crippen LogP contribution in [0.15, 0.2) is 47.4 Å². The molecule has 0 bridgehead atoms. The molecule has 1 amide bonds. The van der Waals surface area contributed by atoms with Crippen molar-refractivity contribution in [2.75, 3.05) is 11.5 Å². The third-order valence-corrected chi connectivity index (χ3v) is 5.46. The zero-order valence-electron chi connectivity index (χ0n) is 15.5. The molecule has 0 saturated carbocycles. The summed E-state index contributed by atoms with van der Waals surface area (Å²) in [6, 6.07) is 12.2. The lowest BCUT2D eigenvalue weighted by Crippen LogP contribution is -2.28. The third kappa shape index (κ3) is 4.10. The molecule has 7 heteroatoms.